The molecule has 2 aromatic heterocycles. The Labute approximate surface area is 126 Å². The molecule has 1 aromatic carbocycles. The summed E-state index contributed by atoms with van der Waals surface area (Å²) in [5, 5.41) is 22.2. The second-order valence-electron chi connectivity index (χ2n) is 4.86. The highest BCUT2D eigenvalue weighted by Crippen LogP contribution is 2.33. The molecule has 0 unspecified atom stereocenters. The van der Waals surface area contributed by atoms with Gasteiger partial charge in [-0.1, -0.05) is 35.9 Å². The molecule has 0 fully saturated rings. The summed E-state index contributed by atoms with van der Waals surface area (Å²) in [6.45, 7) is 3.46. The van der Waals surface area contributed by atoms with E-state index in [2.05, 4.69) is 10.4 Å². The van der Waals surface area contributed by atoms with Crippen LogP contribution in [0.25, 0.3) is 10.8 Å². The second kappa shape index (κ2) is 4.86. The minimum absolute atomic E-state index is 0.0594. The maximum atomic E-state index is 10.1. The van der Waals surface area contributed by atoms with E-state index in [1.54, 1.807) is 19.9 Å². The Morgan fingerprint density at radius 2 is 1.71 bits per heavy atom. The first-order valence-corrected chi connectivity index (χ1v) is 6.79. The first kappa shape index (κ1) is 13.6. The highest BCUT2D eigenvalue weighted by atomic mass is 35.5. The molecule has 2 heterocycles. The van der Waals surface area contributed by atoms with Crippen LogP contribution in [0.4, 0.5) is 5.82 Å². The van der Waals surface area contributed by atoms with Crippen LogP contribution >= 0.6 is 11.6 Å². The zero-order chi connectivity index (χ0) is 15.1. The molecule has 6 heteroatoms. The van der Waals surface area contributed by atoms with E-state index in [-0.39, 0.29) is 11.8 Å². The Kier molecular flexibility index (Phi) is 3.14. The van der Waals surface area contributed by atoms with Gasteiger partial charge in [-0.2, -0.15) is 4.68 Å². The number of benzene rings is 1. The van der Waals surface area contributed by atoms with Gasteiger partial charge in [0.1, 0.15) is 5.15 Å². The van der Waals surface area contributed by atoms with Crippen LogP contribution in [0.5, 0.6) is 11.8 Å². The van der Waals surface area contributed by atoms with Crippen LogP contribution in [0.2, 0.25) is 5.15 Å². The number of anilines is 1. The predicted octanol–water partition coefficient (Wildman–Crippen LogP) is 3.59. The standard InChI is InChI=1S/C15H14ClN3O2/c1-8-9(2)15(21)19(14(8)20)18-13-11-6-4-3-5-10(11)7-12(16)17-13/h3-7,20-21H,1-2H3,(H,17,18). The minimum atomic E-state index is -0.0594. The lowest BCUT2D eigenvalue weighted by molar-refractivity contribution is 0.390. The zero-order valence-corrected chi connectivity index (χ0v) is 12.3. The molecule has 0 amide bonds. The molecule has 0 atom stereocenters. The quantitative estimate of drug-likeness (QED) is 0.633. The van der Waals surface area contributed by atoms with Crippen LogP contribution < -0.4 is 5.43 Å². The van der Waals surface area contributed by atoms with E-state index in [1.165, 1.54) is 4.68 Å². The van der Waals surface area contributed by atoms with Crippen LogP contribution in [0.15, 0.2) is 30.3 Å². The van der Waals surface area contributed by atoms with Crippen molar-refractivity contribution in [2.75, 3.05) is 5.43 Å². The smallest absolute Gasteiger partial charge is 0.216 e. The van der Waals surface area contributed by atoms with Gasteiger partial charge in [0.25, 0.3) is 0 Å². The first-order chi connectivity index (χ1) is 9.99. The Balaban J connectivity index is 2.17. The molecule has 0 saturated heterocycles. The molecule has 3 N–H and O–H groups in total. The number of pyridine rings is 1. The molecule has 108 valence electrons. The number of hydrogen-bond acceptors (Lipinski definition) is 4. The van der Waals surface area contributed by atoms with E-state index in [1.807, 2.05) is 24.3 Å². The van der Waals surface area contributed by atoms with Crippen LogP contribution in [-0.4, -0.2) is 19.9 Å². The molecule has 0 saturated carbocycles. The summed E-state index contributed by atoms with van der Waals surface area (Å²) < 4.78 is 1.19. The number of aromatic hydroxyl groups is 2. The number of hydrogen-bond donors (Lipinski definition) is 3. The number of fused-ring (bicyclic) bond motifs is 1. The van der Waals surface area contributed by atoms with Crippen molar-refractivity contribution in [2.24, 2.45) is 0 Å². The molecule has 0 aliphatic rings. The third kappa shape index (κ3) is 2.15. The summed E-state index contributed by atoms with van der Waals surface area (Å²) in [4.78, 5) is 4.23. The van der Waals surface area contributed by atoms with Gasteiger partial charge in [0.15, 0.2) is 5.82 Å². The van der Waals surface area contributed by atoms with Gasteiger partial charge in [0, 0.05) is 16.5 Å². The van der Waals surface area contributed by atoms with Crippen molar-refractivity contribution < 1.29 is 10.2 Å². The van der Waals surface area contributed by atoms with Crippen LogP contribution in [0, 0.1) is 13.8 Å². The van der Waals surface area contributed by atoms with Gasteiger partial charge in [-0.3, -0.25) is 5.43 Å². The fraction of sp³-hybridized carbons (Fsp3) is 0.133. The van der Waals surface area contributed by atoms with Crippen LogP contribution in [0.3, 0.4) is 0 Å². The van der Waals surface area contributed by atoms with E-state index < -0.39 is 0 Å². The maximum absolute atomic E-state index is 10.1. The largest absolute Gasteiger partial charge is 0.493 e. The highest BCUT2D eigenvalue weighted by molar-refractivity contribution is 6.30. The van der Waals surface area contributed by atoms with Crippen molar-refractivity contribution in [2.45, 2.75) is 13.8 Å². The fourth-order valence-electron chi connectivity index (χ4n) is 2.23. The summed E-state index contributed by atoms with van der Waals surface area (Å²) in [5.74, 6) is 0.338. The summed E-state index contributed by atoms with van der Waals surface area (Å²) in [5.41, 5.74) is 4.11. The Morgan fingerprint density at radius 3 is 2.38 bits per heavy atom. The van der Waals surface area contributed by atoms with Crippen molar-refractivity contribution in [3.63, 3.8) is 0 Å². The molecule has 21 heavy (non-hydrogen) atoms. The lowest BCUT2D eigenvalue weighted by Crippen LogP contribution is -2.10. The molecule has 0 spiro atoms. The molecule has 3 rings (SSSR count). The normalized spacial score (nSPS) is 11.0. The van der Waals surface area contributed by atoms with Crippen LogP contribution in [0.1, 0.15) is 11.1 Å². The summed E-state index contributed by atoms with van der Waals surface area (Å²) >= 11 is 6.02. The van der Waals surface area contributed by atoms with Gasteiger partial charge in [0.2, 0.25) is 11.8 Å². The Bertz CT molecular complexity index is 817. The zero-order valence-electron chi connectivity index (χ0n) is 11.6. The number of nitrogens with one attached hydrogen (secondary N) is 1. The Morgan fingerprint density at radius 1 is 1.10 bits per heavy atom. The third-order valence-electron chi connectivity index (χ3n) is 3.58. The van der Waals surface area contributed by atoms with E-state index in [0.717, 1.165) is 10.8 Å². The molecule has 3 aromatic rings. The lowest BCUT2D eigenvalue weighted by atomic mass is 10.2. The van der Waals surface area contributed by atoms with Crippen molar-refractivity contribution in [1.82, 2.24) is 9.66 Å². The minimum Gasteiger partial charge on any atom is -0.493 e. The third-order valence-corrected chi connectivity index (χ3v) is 3.78. The first-order valence-electron chi connectivity index (χ1n) is 6.41. The van der Waals surface area contributed by atoms with Gasteiger partial charge >= 0.3 is 0 Å². The SMILES string of the molecule is Cc1c(C)c(O)n(Nc2nc(Cl)cc3ccccc23)c1O. The number of nitrogens with zero attached hydrogens (tertiary/aromatic N) is 2. The van der Waals surface area contributed by atoms with Crippen LogP contribution in [-0.2, 0) is 0 Å². The molecular formula is C15H14ClN3O2. The summed E-state index contributed by atoms with van der Waals surface area (Å²) in [7, 11) is 0. The summed E-state index contributed by atoms with van der Waals surface area (Å²) in [6, 6.07) is 9.35. The predicted molar refractivity (Wildman–Crippen MR) is 83.0 cm³/mol. The molecule has 0 aliphatic carbocycles. The number of halogens is 1. The lowest BCUT2D eigenvalue weighted by Gasteiger charge is -2.12. The molecule has 0 aliphatic heterocycles. The average Bonchev–Trinajstić information content (AvgIpc) is 2.65. The molecule has 5 nitrogen and oxygen atoms in total. The number of aromatic nitrogens is 2. The fourth-order valence-corrected chi connectivity index (χ4v) is 2.44. The molecule has 0 radical (unpaired) electrons. The highest BCUT2D eigenvalue weighted by Gasteiger charge is 2.17. The molecular weight excluding hydrogens is 290 g/mol. The second-order valence-corrected chi connectivity index (χ2v) is 5.25. The van der Waals surface area contributed by atoms with Crippen molar-refractivity contribution in [3.8, 4) is 11.8 Å². The maximum Gasteiger partial charge on any atom is 0.216 e. The monoisotopic (exact) mass is 303 g/mol. The van der Waals surface area contributed by atoms with Gasteiger partial charge in [-0.15, -0.1) is 0 Å². The number of rotatable bonds is 2. The van der Waals surface area contributed by atoms with E-state index in [0.29, 0.717) is 22.1 Å². The van der Waals surface area contributed by atoms with Gasteiger partial charge < -0.3 is 10.2 Å². The topological polar surface area (TPSA) is 70.3 Å². The van der Waals surface area contributed by atoms with Crippen molar-refractivity contribution >= 4 is 28.2 Å². The van der Waals surface area contributed by atoms with Gasteiger partial charge in [-0.05, 0) is 25.3 Å². The van der Waals surface area contributed by atoms with Gasteiger partial charge in [0.05, 0.1) is 0 Å². The van der Waals surface area contributed by atoms with Crippen molar-refractivity contribution in [1.29, 1.82) is 0 Å². The van der Waals surface area contributed by atoms with Gasteiger partial charge in [-0.25, -0.2) is 4.98 Å². The van der Waals surface area contributed by atoms with E-state index in [4.69, 9.17) is 11.6 Å². The van der Waals surface area contributed by atoms with Crippen molar-refractivity contribution in [3.05, 3.63) is 46.6 Å². The van der Waals surface area contributed by atoms with E-state index in [9.17, 15) is 10.2 Å². The Hall–Kier alpha value is -2.40. The van der Waals surface area contributed by atoms with E-state index >= 15 is 0 Å². The summed E-state index contributed by atoms with van der Waals surface area (Å²) in [6.07, 6.45) is 0. The average molecular weight is 304 g/mol. The molecule has 0 bridgehead atoms.